The van der Waals surface area contributed by atoms with Gasteiger partial charge in [0.25, 0.3) is 5.91 Å². The Morgan fingerprint density at radius 3 is 2.55 bits per heavy atom. The number of benzene rings is 1. The number of hydrogen-bond donors (Lipinski definition) is 1. The van der Waals surface area contributed by atoms with Crippen LogP contribution in [0.3, 0.4) is 0 Å². The van der Waals surface area contributed by atoms with Gasteiger partial charge in [0.1, 0.15) is 0 Å². The highest BCUT2D eigenvalue weighted by atomic mass is 16.1. The zero-order chi connectivity index (χ0) is 20.5. The summed E-state index contributed by atoms with van der Waals surface area (Å²) in [4.78, 5) is 17.1. The highest BCUT2D eigenvalue weighted by Gasteiger charge is 2.16. The van der Waals surface area contributed by atoms with Gasteiger partial charge in [-0.25, -0.2) is 9.50 Å². The molecule has 29 heavy (non-hydrogen) atoms. The fourth-order valence-electron chi connectivity index (χ4n) is 3.55. The number of rotatable bonds is 5. The van der Waals surface area contributed by atoms with E-state index in [1.165, 1.54) is 5.56 Å². The zero-order valence-corrected chi connectivity index (χ0v) is 17.1. The van der Waals surface area contributed by atoms with Crippen LogP contribution in [0.25, 0.3) is 5.65 Å². The topological polar surface area (TPSA) is 77.1 Å². The van der Waals surface area contributed by atoms with Crippen LogP contribution >= 0.6 is 0 Å². The van der Waals surface area contributed by atoms with Crippen molar-refractivity contribution in [2.75, 3.05) is 0 Å². The molecule has 0 fully saturated rings. The standard InChI is InChI=1S/C22H24N6O/c1-14-10-21-23-12-20(17(4)28(21)25-14)22(29)24-11-19-15(2)26-27(16(19)3)13-18-8-6-5-7-9-18/h5-10,12H,11,13H2,1-4H3,(H,24,29). The summed E-state index contributed by atoms with van der Waals surface area (Å²) in [5, 5.41) is 12.1. The van der Waals surface area contributed by atoms with Crippen LogP contribution < -0.4 is 5.32 Å². The van der Waals surface area contributed by atoms with E-state index in [1.807, 2.05) is 56.6 Å². The Hall–Kier alpha value is -3.48. The fraction of sp³-hybridized carbons (Fsp3) is 0.273. The molecule has 0 aliphatic carbocycles. The third-order valence-electron chi connectivity index (χ3n) is 5.22. The summed E-state index contributed by atoms with van der Waals surface area (Å²) >= 11 is 0. The molecule has 0 bridgehead atoms. The minimum atomic E-state index is -0.167. The van der Waals surface area contributed by atoms with Gasteiger partial charge >= 0.3 is 0 Å². The van der Waals surface area contributed by atoms with E-state index in [0.717, 1.165) is 34.0 Å². The van der Waals surface area contributed by atoms with Gasteiger partial charge < -0.3 is 5.32 Å². The van der Waals surface area contributed by atoms with Gasteiger partial charge in [-0.2, -0.15) is 10.2 Å². The fourth-order valence-corrected chi connectivity index (χ4v) is 3.55. The van der Waals surface area contributed by atoms with E-state index in [1.54, 1.807) is 10.7 Å². The summed E-state index contributed by atoms with van der Waals surface area (Å²) in [5.74, 6) is -0.167. The van der Waals surface area contributed by atoms with Crippen molar-refractivity contribution in [2.45, 2.75) is 40.8 Å². The number of nitrogens with zero attached hydrogens (tertiary/aromatic N) is 5. The number of aromatic nitrogens is 5. The Bertz CT molecular complexity index is 1190. The average molecular weight is 388 g/mol. The molecular weight excluding hydrogens is 364 g/mol. The van der Waals surface area contributed by atoms with Crippen LogP contribution in [0.2, 0.25) is 0 Å². The van der Waals surface area contributed by atoms with Crippen molar-refractivity contribution in [1.82, 2.24) is 29.7 Å². The maximum absolute atomic E-state index is 12.8. The third kappa shape index (κ3) is 3.63. The molecule has 148 valence electrons. The highest BCUT2D eigenvalue weighted by Crippen LogP contribution is 2.16. The minimum Gasteiger partial charge on any atom is -0.348 e. The number of carbonyl (C=O) groups is 1. The molecule has 1 N–H and O–H groups in total. The van der Waals surface area contributed by atoms with E-state index in [-0.39, 0.29) is 5.91 Å². The molecule has 1 aromatic carbocycles. The largest absolute Gasteiger partial charge is 0.348 e. The Kier molecular flexibility index (Phi) is 4.88. The quantitative estimate of drug-likeness (QED) is 0.570. The van der Waals surface area contributed by atoms with Crippen LogP contribution in [-0.4, -0.2) is 30.3 Å². The van der Waals surface area contributed by atoms with Crippen LogP contribution in [0, 0.1) is 27.7 Å². The van der Waals surface area contributed by atoms with Crippen LogP contribution in [-0.2, 0) is 13.1 Å². The third-order valence-corrected chi connectivity index (χ3v) is 5.22. The monoisotopic (exact) mass is 388 g/mol. The lowest BCUT2D eigenvalue weighted by Gasteiger charge is -2.09. The van der Waals surface area contributed by atoms with Crippen molar-refractivity contribution in [3.05, 3.63) is 82.1 Å². The molecule has 3 aromatic heterocycles. The predicted octanol–water partition coefficient (Wildman–Crippen LogP) is 3.14. The first-order valence-corrected chi connectivity index (χ1v) is 9.61. The molecule has 0 radical (unpaired) electrons. The molecule has 4 rings (SSSR count). The van der Waals surface area contributed by atoms with E-state index in [2.05, 4.69) is 32.6 Å². The molecule has 0 aliphatic heterocycles. The van der Waals surface area contributed by atoms with Gasteiger partial charge in [-0.1, -0.05) is 30.3 Å². The number of nitrogens with one attached hydrogen (secondary N) is 1. The van der Waals surface area contributed by atoms with Gasteiger partial charge in [0.2, 0.25) is 0 Å². The van der Waals surface area contributed by atoms with E-state index in [4.69, 9.17) is 0 Å². The average Bonchev–Trinajstić information content (AvgIpc) is 3.21. The Balaban J connectivity index is 1.52. The van der Waals surface area contributed by atoms with E-state index in [9.17, 15) is 4.79 Å². The SMILES string of the molecule is Cc1cc2ncc(C(=O)NCc3c(C)nn(Cc4ccccc4)c3C)c(C)n2n1. The zero-order valence-electron chi connectivity index (χ0n) is 17.1. The lowest BCUT2D eigenvalue weighted by atomic mass is 10.1. The molecule has 3 heterocycles. The first-order valence-electron chi connectivity index (χ1n) is 9.61. The van der Waals surface area contributed by atoms with Crippen LogP contribution in [0.5, 0.6) is 0 Å². The summed E-state index contributed by atoms with van der Waals surface area (Å²) in [7, 11) is 0. The van der Waals surface area contributed by atoms with Crippen molar-refractivity contribution in [1.29, 1.82) is 0 Å². The second-order valence-corrected chi connectivity index (χ2v) is 7.29. The second-order valence-electron chi connectivity index (χ2n) is 7.29. The normalized spacial score (nSPS) is 11.2. The van der Waals surface area contributed by atoms with E-state index in [0.29, 0.717) is 18.7 Å². The van der Waals surface area contributed by atoms with Gasteiger partial charge in [-0.3, -0.25) is 9.48 Å². The molecule has 1 amide bonds. The number of aryl methyl sites for hydroxylation is 3. The second kappa shape index (κ2) is 7.50. The molecule has 0 unspecified atom stereocenters. The summed E-state index contributed by atoms with van der Waals surface area (Å²) in [6, 6.07) is 12.1. The van der Waals surface area contributed by atoms with Crippen LogP contribution in [0.4, 0.5) is 0 Å². The predicted molar refractivity (Wildman–Crippen MR) is 111 cm³/mol. The van der Waals surface area contributed by atoms with Gasteiger partial charge in [0.05, 0.1) is 29.2 Å². The summed E-state index contributed by atoms with van der Waals surface area (Å²) < 4.78 is 3.69. The molecule has 0 aliphatic rings. The Morgan fingerprint density at radius 1 is 1.03 bits per heavy atom. The number of hydrogen-bond acceptors (Lipinski definition) is 4. The Morgan fingerprint density at radius 2 is 1.79 bits per heavy atom. The van der Waals surface area contributed by atoms with Gasteiger partial charge in [0, 0.05) is 30.1 Å². The summed E-state index contributed by atoms with van der Waals surface area (Å²) in [6.07, 6.45) is 1.61. The number of carbonyl (C=O) groups excluding carboxylic acids is 1. The van der Waals surface area contributed by atoms with Crippen molar-refractivity contribution in [3.8, 4) is 0 Å². The molecule has 7 nitrogen and oxygen atoms in total. The molecule has 4 aromatic rings. The van der Waals surface area contributed by atoms with Gasteiger partial charge in [0.15, 0.2) is 5.65 Å². The lowest BCUT2D eigenvalue weighted by Crippen LogP contribution is -2.25. The Labute approximate surface area is 169 Å². The van der Waals surface area contributed by atoms with E-state index >= 15 is 0 Å². The van der Waals surface area contributed by atoms with Crippen molar-refractivity contribution >= 4 is 11.6 Å². The van der Waals surface area contributed by atoms with Gasteiger partial charge in [-0.05, 0) is 33.3 Å². The van der Waals surface area contributed by atoms with Crippen molar-refractivity contribution in [2.24, 2.45) is 0 Å². The number of fused-ring (bicyclic) bond motifs is 1. The van der Waals surface area contributed by atoms with Gasteiger partial charge in [-0.15, -0.1) is 0 Å². The first kappa shape index (κ1) is 18.9. The lowest BCUT2D eigenvalue weighted by molar-refractivity contribution is 0.0949. The summed E-state index contributed by atoms with van der Waals surface area (Å²) in [6.45, 7) is 8.93. The van der Waals surface area contributed by atoms with Crippen LogP contribution in [0.1, 0.15) is 44.3 Å². The number of amides is 1. The van der Waals surface area contributed by atoms with Crippen molar-refractivity contribution < 1.29 is 4.79 Å². The molecule has 0 saturated heterocycles. The minimum absolute atomic E-state index is 0.167. The first-order chi connectivity index (χ1) is 13.9. The van der Waals surface area contributed by atoms with E-state index < -0.39 is 0 Å². The molecular formula is C22H24N6O. The maximum Gasteiger partial charge on any atom is 0.254 e. The highest BCUT2D eigenvalue weighted by molar-refractivity contribution is 5.95. The maximum atomic E-state index is 12.8. The van der Waals surface area contributed by atoms with Crippen LogP contribution in [0.15, 0.2) is 42.6 Å². The summed E-state index contributed by atoms with van der Waals surface area (Å²) in [5.41, 5.74) is 7.11. The molecule has 0 atom stereocenters. The smallest absolute Gasteiger partial charge is 0.254 e. The molecule has 7 heteroatoms. The van der Waals surface area contributed by atoms with Crippen molar-refractivity contribution in [3.63, 3.8) is 0 Å². The molecule has 0 saturated carbocycles. The molecule has 0 spiro atoms.